The summed E-state index contributed by atoms with van der Waals surface area (Å²) in [5, 5.41) is 0. The Balaban J connectivity index is 1.37. The van der Waals surface area contributed by atoms with Crippen molar-refractivity contribution in [3.05, 3.63) is 18.6 Å². The number of piperazine rings is 1. The predicted molar refractivity (Wildman–Crippen MR) is 86.6 cm³/mol. The molecule has 0 bridgehead atoms. The smallest absolute Gasteiger partial charge is 0.227 e. The van der Waals surface area contributed by atoms with Gasteiger partial charge in [-0.1, -0.05) is 6.42 Å². The summed E-state index contributed by atoms with van der Waals surface area (Å²) in [6, 6.07) is 0.314. The minimum atomic E-state index is 0.131. The maximum absolute atomic E-state index is 13.0. The Bertz CT molecular complexity index is 545. The number of anilines is 1. The first kappa shape index (κ1) is 14.8. The first-order valence-electron chi connectivity index (χ1n) is 8.61. The molecule has 1 saturated carbocycles. The Morgan fingerprint density at radius 1 is 1.17 bits per heavy atom. The van der Waals surface area contributed by atoms with Crippen molar-refractivity contribution in [3.63, 3.8) is 0 Å². The third kappa shape index (κ3) is 2.90. The van der Waals surface area contributed by atoms with Gasteiger partial charge in [-0.25, -0.2) is 4.98 Å². The van der Waals surface area contributed by atoms with E-state index in [1.807, 2.05) is 4.90 Å². The second-order valence-electron chi connectivity index (χ2n) is 6.72. The van der Waals surface area contributed by atoms with E-state index in [0.717, 1.165) is 45.0 Å². The van der Waals surface area contributed by atoms with E-state index in [1.54, 1.807) is 18.6 Å². The van der Waals surface area contributed by atoms with Gasteiger partial charge in [0.1, 0.15) is 5.82 Å². The zero-order valence-corrected chi connectivity index (χ0v) is 13.3. The summed E-state index contributed by atoms with van der Waals surface area (Å²) in [4.78, 5) is 25.7. The molecule has 0 aromatic carbocycles. The van der Waals surface area contributed by atoms with Gasteiger partial charge in [0, 0.05) is 51.2 Å². The highest BCUT2D eigenvalue weighted by atomic mass is 16.2. The van der Waals surface area contributed by atoms with Gasteiger partial charge in [0.05, 0.1) is 12.1 Å². The maximum atomic E-state index is 13.0. The quantitative estimate of drug-likeness (QED) is 0.801. The maximum Gasteiger partial charge on any atom is 0.227 e. The van der Waals surface area contributed by atoms with Gasteiger partial charge >= 0.3 is 0 Å². The average Bonchev–Trinajstić information content (AvgIpc) is 3.11. The topological polar surface area (TPSA) is 73.4 Å². The van der Waals surface area contributed by atoms with Gasteiger partial charge in [-0.2, -0.15) is 0 Å². The van der Waals surface area contributed by atoms with Crippen LogP contribution >= 0.6 is 0 Å². The highest BCUT2D eigenvalue weighted by Gasteiger charge is 2.42. The van der Waals surface area contributed by atoms with Crippen LogP contribution in [-0.4, -0.2) is 59.5 Å². The second kappa shape index (κ2) is 6.41. The van der Waals surface area contributed by atoms with Crippen molar-refractivity contribution in [2.75, 3.05) is 37.6 Å². The fourth-order valence-corrected chi connectivity index (χ4v) is 4.16. The highest BCUT2D eigenvalue weighted by molar-refractivity contribution is 5.80. The molecule has 1 aromatic heterocycles. The molecular formula is C16H24N6O. The average molecular weight is 316 g/mol. The Labute approximate surface area is 136 Å². The Hall–Kier alpha value is -1.73. The molecule has 2 N–H and O–H groups in total. The van der Waals surface area contributed by atoms with E-state index in [-0.39, 0.29) is 5.92 Å². The van der Waals surface area contributed by atoms with Crippen LogP contribution in [0.3, 0.4) is 0 Å². The summed E-state index contributed by atoms with van der Waals surface area (Å²) >= 11 is 0. The molecule has 2 saturated heterocycles. The minimum Gasteiger partial charge on any atom is -0.352 e. The standard InChI is InChI=1S/C16H24N6O/c23-16(13-3-1-2-12-10-19-20-15(12)13)22-8-6-21(7-9-22)14-11-17-4-5-18-14/h4-5,11-13,15,19-20H,1-3,6-10H2. The molecule has 3 unspecified atom stereocenters. The third-order valence-electron chi connectivity index (χ3n) is 5.45. The molecule has 7 nitrogen and oxygen atoms in total. The molecule has 3 heterocycles. The van der Waals surface area contributed by atoms with Crippen LogP contribution in [0.1, 0.15) is 19.3 Å². The van der Waals surface area contributed by atoms with Crippen LogP contribution in [0.5, 0.6) is 0 Å². The number of nitrogens with zero attached hydrogens (tertiary/aromatic N) is 4. The summed E-state index contributed by atoms with van der Waals surface area (Å²) in [6.07, 6.45) is 8.60. The largest absolute Gasteiger partial charge is 0.352 e. The monoisotopic (exact) mass is 316 g/mol. The number of nitrogens with one attached hydrogen (secondary N) is 2. The molecule has 4 rings (SSSR count). The van der Waals surface area contributed by atoms with Gasteiger partial charge in [-0.05, 0) is 18.8 Å². The lowest BCUT2D eigenvalue weighted by Gasteiger charge is -2.39. The molecule has 7 heteroatoms. The second-order valence-corrected chi connectivity index (χ2v) is 6.72. The van der Waals surface area contributed by atoms with Crippen molar-refractivity contribution in [3.8, 4) is 0 Å². The molecule has 23 heavy (non-hydrogen) atoms. The summed E-state index contributed by atoms with van der Waals surface area (Å²) in [5.74, 6) is 1.97. The number of amides is 1. The number of hydrogen-bond acceptors (Lipinski definition) is 6. The van der Waals surface area contributed by atoms with E-state index in [1.165, 1.54) is 12.8 Å². The number of carbonyl (C=O) groups is 1. The molecule has 0 spiro atoms. The molecule has 0 radical (unpaired) electrons. The molecule has 3 fully saturated rings. The summed E-state index contributed by atoms with van der Waals surface area (Å²) in [7, 11) is 0. The summed E-state index contributed by atoms with van der Waals surface area (Å²) in [6.45, 7) is 4.20. The Morgan fingerprint density at radius 2 is 2.04 bits per heavy atom. The fraction of sp³-hybridized carbons (Fsp3) is 0.688. The highest BCUT2D eigenvalue weighted by Crippen LogP contribution is 2.32. The summed E-state index contributed by atoms with van der Waals surface area (Å²) in [5.41, 5.74) is 6.57. The number of hydrazine groups is 1. The van der Waals surface area contributed by atoms with Crippen LogP contribution in [0.2, 0.25) is 0 Å². The van der Waals surface area contributed by atoms with E-state index >= 15 is 0 Å². The predicted octanol–water partition coefficient (Wildman–Crippen LogP) is 0.0179. The van der Waals surface area contributed by atoms with E-state index in [0.29, 0.717) is 17.9 Å². The third-order valence-corrected chi connectivity index (χ3v) is 5.45. The van der Waals surface area contributed by atoms with Crippen LogP contribution in [0.15, 0.2) is 18.6 Å². The van der Waals surface area contributed by atoms with Gasteiger partial charge in [-0.15, -0.1) is 0 Å². The minimum absolute atomic E-state index is 0.131. The SMILES string of the molecule is O=C(C1CCCC2CNNC21)N1CCN(c2cnccn2)CC1. The molecule has 3 aliphatic rings. The molecule has 1 aliphatic carbocycles. The number of carbonyl (C=O) groups excluding carboxylic acids is 1. The van der Waals surface area contributed by atoms with Crippen LogP contribution in [-0.2, 0) is 4.79 Å². The fourth-order valence-electron chi connectivity index (χ4n) is 4.16. The van der Waals surface area contributed by atoms with E-state index in [4.69, 9.17) is 0 Å². The molecule has 1 aromatic rings. The molecular weight excluding hydrogens is 292 g/mol. The van der Waals surface area contributed by atoms with E-state index in [2.05, 4.69) is 25.7 Å². The van der Waals surface area contributed by atoms with Crippen LogP contribution in [0, 0.1) is 11.8 Å². The first-order valence-corrected chi connectivity index (χ1v) is 8.61. The first-order chi connectivity index (χ1) is 11.3. The van der Waals surface area contributed by atoms with Crippen molar-refractivity contribution in [1.29, 1.82) is 0 Å². The molecule has 124 valence electrons. The Morgan fingerprint density at radius 3 is 2.83 bits per heavy atom. The normalized spacial score (nSPS) is 31.0. The van der Waals surface area contributed by atoms with Gasteiger partial charge in [0.25, 0.3) is 0 Å². The van der Waals surface area contributed by atoms with Crippen molar-refractivity contribution in [1.82, 2.24) is 25.7 Å². The van der Waals surface area contributed by atoms with E-state index < -0.39 is 0 Å². The van der Waals surface area contributed by atoms with Gasteiger partial charge < -0.3 is 9.80 Å². The van der Waals surface area contributed by atoms with Crippen molar-refractivity contribution in [2.24, 2.45) is 11.8 Å². The van der Waals surface area contributed by atoms with Crippen LogP contribution in [0.25, 0.3) is 0 Å². The van der Waals surface area contributed by atoms with Crippen LogP contribution in [0.4, 0.5) is 5.82 Å². The molecule has 2 aliphatic heterocycles. The zero-order valence-electron chi connectivity index (χ0n) is 13.3. The lowest BCUT2D eigenvalue weighted by molar-refractivity contribution is -0.138. The molecule has 3 atom stereocenters. The zero-order chi connectivity index (χ0) is 15.6. The number of hydrogen-bond donors (Lipinski definition) is 2. The van der Waals surface area contributed by atoms with E-state index in [9.17, 15) is 4.79 Å². The molecule has 1 amide bonds. The van der Waals surface area contributed by atoms with Gasteiger partial charge in [0.2, 0.25) is 5.91 Å². The summed E-state index contributed by atoms with van der Waals surface area (Å²) < 4.78 is 0. The van der Waals surface area contributed by atoms with Crippen molar-refractivity contribution in [2.45, 2.75) is 25.3 Å². The number of rotatable bonds is 2. The number of fused-ring (bicyclic) bond motifs is 1. The number of aromatic nitrogens is 2. The van der Waals surface area contributed by atoms with Gasteiger partial charge in [0.15, 0.2) is 0 Å². The lowest BCUT2D eigenvalue weighted by Crippen LogP contribution is -2.54. The van der Waals surface area contributed by atoms with Crippen molar-refractivity contribution < 1.29 is 4.79 Å². The lowest BCUT2D eigenvalue weighted by atomic mass is 9.77. The van der Waals surface area contributed by atoms with Gasteiger partial charge in [-0.3, -0.25) is 20.6 Å². The Kier molecular flexibility index (Phi) is 4.13. The van der Waals surface area contributed by atoms with Crippen molar-refractivity contribution >= 4 is 11.7 Å². The van der Waals surface area contributed by atoms with Crippen LogP contribution < -0.4 is 15.8 Å².